The van der Waals surface area contributed by atoms with E-state index in [-0.39, 0.29) is 17.2 Å². The van der Waals surface area contributed by atoms with Gasteiger partial charge in [0, 0.05) is 24.8 Å². The average Bonchev–Trinajstić information content (AvgIpc) is 3.06. The van der Waals surface area contributed by atoms with E-state index in [1.807, 2.05) is 10.7 Å². The molecule has 4 rings (SSSR count). The molecule has 1 N–H and O–H groups in total. The van der Waals surface area contributed by atoms with Crippen LogP contribution >= 0.6 is 11.6 Å². The first-order valence-corrected chi connectivity index (χ1v) is 9.17. The van der Waals surface area contributed by atoms with Crippen molar-refractivity contribution in [3.8, 4) is 0 Å². The third-order valence-corrected chi connectivity index (χ3v) is 5.11. The van der Waals surface area contributed by atoms with Crippen LogP contribution in [0.2, 0.25) is 5.02 Å². The van der Waals surface area contributed by atoms with E-state index in [2.05, 4.69) is 10.4 Å². The molecule has 1 aromatic carbocycles. The zero-order chi connectivity index (χ0) is 18.1. The maximum absolute atomic E-state index is 13.4. The van der Waals surface area contributed by atoms with Crippen molar-refractivity contribution in [1.82, 2.24) is 14.7 Å². The van der Waals surface area contributed by atoms with E-state index in [4.69, 9.17) is 16.3 Å². The van der Waals surface area contributed by atoms with Gasteiger partial charge in [-0.1, -0.05) is 17.7 Å². The summed E-state index contributed by atoms with van der Waals surface area (Å²) in [6.45, 7) is 2.18. The maximum Gasteiger partial charge on any atom is 0.323 e. The van der Waals surface area contributed by atoms with Gasteiger partial charge >= 0.3 is 6.03 Å². The van der Waals surface area contributed by atoms with E-state index in [9.17, 15) is 9.18 Å². The van der Waals surface area contributed by atoms with E-state index in [1.165, 1.54) is 6.07 Å². The molecule has 2 aliphatic rings. The molecular weight excluding hydrogens is 359 g/mol. The zero-order valence-corrected chi connectivity index (χ0v) is 15.0. The Morgan fingerprint density at radius 3 is 3.00 bits per heavy atom. The highest BCUT2D eigenvalue weighted by Crippen LogP contribution is 2.26. The average molecular weight is 379 g/mol. The number of hydrogen-bond acceptors (Lipinski definition) is 3. The molecule has 3 heterocycles. The Balaban J connectivity index is 1.42. The minimum absolute atomic E-state index is 0.0521. The van der Waals surface area contributed by atoms with Crippen molar-refractivity contribution < 1.29 is 13.9 Å². The number of carbonyl (C=O) groups excluding carboxylic acids is 1. The smallest absolute Gasteiger partial charge is 0.323 e. The minimum atomic E-state index is -0.468. The molecule has 1 atom stereocenters. The van der Waals surface area contributed by atoms with Crippen LogP contribution in [0.25, 0.3) is 0 Å². The highest BCUT2D eigenvalue weighted by molar-refractivity contribution is 6.30. The van der Waals surface area contributed by atoms with Crippen LogP contribution in [0, 0.1) is 5.82 Å². The third-order valence-electron chi connectivity index (χ3n) is 4.82. The highest BCUT2D eigenvalue weighted by Gasteiger charge is 2.26. The van der Waals surface area contributed by atoms with Crippen LogP contribution in [0.4, 0.5) is 15.0 Å². The molecule has 1 aromatic heterocycles. The summed E-state index contributed by atoms with van der Waals surface area (Å²) in [5, 5.41) is 7.38. The number of amides is 2. The molecule has 1 unspecified atom stereocenters. The van der Waals surface area contributed by atoms with Gasteiger partial charge in [-0.15, -0.1) is 0 Å². The topological polar surface area (TPSA) is 59.4 Å². The van der Waals surface area contributed by atoms with Gasteiger partial charge in [0.05, 0.1) is 18.2 Å². The highest BCUT2D eigenvalue weighted by atomic mass is 35.5. The molecule has 138 valence electrons. The van der Waals surface area contributed by atoms with E-state index in [0.29, 0.717) is 25.5 Å². The first-order chi connectivity index (χ1) is 12.6. The van der Waals surface area contributed by atoms with Gasteiger partial charge in [0.1, 0.15) is 11.9 Å². The first kappa shape index (κ1) is 17.3. The van der Waals surface area contributed by atoms with Crippen molar-refractivity contribution in [2.24, 2.45) is 0 Å². The molecule has 2 aliphatic heterocycles. The Morgan fingerprint density at radius 2 is 2.19 bits per heavy atom. The molecule has 0 radical (unpaired) electrons. The summed E-state index contributed by atoms with van der Waals surface area (Å²) in [4.78, 5) is 14.3. The Hall–Kier alpha value is -2.12. The van der Waals surface area contributed by atoms with E-state index >= 15 is 0 Å². The number of urea groups is 1. The van der Waals surface area contributed by atoms with Crippen molar-refractivity contribution >= 4 is 23.4 Å². The summed E-state index contributed by atoms with van der Waals surface area (Å²) < 4.78 is 21.0. The number of hydrogen-bond donors (Lipinski definition) is 1. The van der Waals surface area contributed by atoms with Crippen LogP contribution < -0.4 is 5.32 Å². The number of aromatic nitrogens is 2. The number of benzene rings is 1. The Morgan fingerprint density at radius 1 is 1.31 bits per heavy atom. The van der Waals surface area contributed by atoms with Crippen molar-refractivity contribution in [3.63, 3.8) is 0 Å². The molecule has 0 saturated carbocycles. The lowest BCUT2D eigenvalue weighted by molar-refractivity contribution is -0.0135. The van der Waals surface area contributed by atoms with Crippen LogP contribution in [0.5, 0.6) is 0 Å². The number of rotatable bonds is 2. The van der Waals surface area contributed by atoms with Gasteiger partial charge in [-0.05, 0) is 37.0 Å². The van der Waals surface area contributed by atoms with Crippen LogP contribution in [0.15, 0.2) is 24.3 Å². The summed E-state index contributed by atoms with van der Waals surface area (Å²) in [5.74, 6) is 0.115. The van der Waals surface area contributed by atoms with Gasteiger partial charge in [-0.25, -0.2) is 9.18 Å². The lowest BCUT2D eigenvalue weighted by Crippen LogP contribution is -2.44. The summed E-state index contributed by atoms with van der Waals surface area (Å²) in [5.41, 5.74) is 1.92. The molecule has 6 nitrogen and oxygen atoms in total. The maximum atomic E-state index is 13.4. The fourth-order valence-electron chi connectivity index (χ4n) is 3.42. The Kier molecular flexibility index (Phi) is 4.82. The largest absolute Gasteiger partial charge is 0.370 e. The predicted octanol–water partition coefficient (Wildman–Crippen LogP) is 3.62. The number of anilines is 1. The number of halogens is 2. The molecule has 8 heteroatoms. The molecular formula is C18H20ClFN4O2. The summed E-state index contributed by atoms with van der Waals surface area (Å²) in [7, 11) is 0. The number of aryl methyl sites for hydroxylation is 2. The van der Waals surface area contributed by atoms with Gasteiger partial charge in [-0.2, -0.15) is 5.10 Å². The standard InChI is InChI=1S/C18H20ClFN4O2/c19-14-9-12(4-5-15(14)20)16-11-23(7-8-26-16)18(25)21-17-10-13-3-1-2-6-24(13)22-17/h4-5,9-10,16H,1-3,6-8,11H2,(H,21,22,25). The van der Waals surface area contributed by atoms with E-state index in [1.54, 1.807) is 17.0 Å². The number of fused-ring (bicyclic) bond motifs is 1. The molecule has 0 spiro atoms. The molecule has 26 heavy (non-hydrogen) atoms. The lowest BCUT2D eigenvalue weighted by Gasteiger charge is -2.33. The fraction of sp³-hybridized carbons (Fsp3) is 0.444. The zero-order valence-electron chi connectivity index (χ0n) is 14.3. The van der Waals surface area contributed by atoms with Gasteiger partial charge in [0.15, 0.2) is 5.82 Å². The van der Waals surface area contributed by atoms with Crippen molar-refractivity contribution in [2.45, 2.75) is 31.9 Å². The monoisotopic (exact) mass is 378 g/mol. The van der Waals surface area contributed by atoms with Crippen molar-refractivity contribution in [2.75, 3.05) is 25.0 Å². The second kappa shape index (κ2) is 7.25. The fourth-order valence-corrected chi connectivity index (χ4v) is 3.60. The molecule has 0 aliphatic carbocycles. The van der Waals surface area contributed by atoms with E-state index in [0.717, 1.165) is 37.1 Å². The quantitative estimate of drug-likeness (QED) is 0.868. The molecule has 1 fully saturated rings. The number of carbonyl (C=O) groups is 1. The molecule has 2 aromatic rings. The second-order valence-corrected chi connectivity index (χ2v) is 7.02. The van der Waals surface area contributed by atoms with Gasteiger partial charge in [0.25, 0.3) is 0 Å². The Labute approximate surface area is 155 Å². The van der Waals surface area contributed by atoms with Crippen molar-refractivity contribution in [1.29, 1.82) is 0 Å². The second-order valence-electron chi connectivity index (χ2n) is 6.61. The predicted molar refractivity (Wildman–Crippen MR) is 95.9 cm³/mol. The summed E-state index contributed by atoms with van der Waals surface area (Å²) >= 11 is 5.85. The van der Waals surface area contributed by atoms with Crippen LogP contribution in [-0.2, 0) is 17.7 Å². The summed E-state index contributed by atoms with van der Waals surface area (Å²) in [6, 6.07) is 6.23. The minimum Gasteiger partial charge on any atom is -0.370 e. The SMILES string of the molecule is O=C(Nc1cc2n(n1)CCCC2)N1CCOC(c2ccc(F)c(Cl)c2)C1. The summed E-state index contributed by atoms with van der Waals surface area (Å²) in [6.07, 6.45) is 2.94. The van der Waals surface area contributed by atoms with Gasteiger partial charge in [-0.3, -0.25) is 10.00 Å². The Bertz CT molecular complexity index is 802. The third kappa shape index (κ3) is 3.54. The number of ether oxygens (including phenoxy) is 1. The number of nitrogens with zero attached hydrogens (tertiary/aromatic N) is 3. The van der Waals surface area contributed by atoms with Gasteiger partial charge in [0.2, 0.25) is 0 Å². The van der Waals surface area contributed by atoms with Crippen LogP contribution in [0.3, 0.4) is 0 Å². The van der Waals surface area contributed by atoms with Crippen LogP contribution in [0.1, 0.15) is 30.2 Å². The molecule has 2 amide bonds. The number of morpholine rings is 1. The molecule has 1 saturated heterocycles. The van der Waals surface area contributed by atoms with E-state index < -0.39 is 5.82 Å². The number of nitrogens with one attached hydrogen (secondary N) is 1. The van der Waals surface area contributed by atoms with Crippen molar-refractivity contribution in [3.05, 3.63) is 46.4 Å². The normalized spacial score (nSPS) is 19.9. The van der Waals surface area contributed by atoms with Crippen LogP contribution in [-0.4, -0.2) is 40.4 Å². The lowest BCUT2D eigenvalue weighted by atomic mass is 10.1. The first-order valence-electron chi connectivity index (χ1n) is 8.79. The van der Waals surface area contributed by atoms with Gasteiger partial charge < -0.3 is 9.64 Å². The molecule has 0 bridgehead atoms.